The van der Waals surface area contributed by atoms with Crippen molar-refractivity contribution in [2.45, 2.75) is 0 Å². The van der Waals surface area contributed by atoms with Gasteiger partial charge in [-0.1, -0.05) is 6.58 Å². The van der Waals surface area contributed by atoms with Crippen LogP contribution in [0.2, 0.25) is 0 Å². The molecule has 0 unspecified atom stereocenters. The predicted molar refractivity (Wildman–Crippen MR) is 46.3 cm³/mol. The zero-order chi connectivity index (χ0) is 8.97. The van der Waals surface area contributed by atoms with Gasteiger partial charge < -0.3 is 4.74 Å². The maximum Gasteiger partial charge on any atom is 0.152 e. The molecule has 0 aromatic carbocycles. The Labute approximate surface area is 70.7 Å². The molecule has 3 heteroatoms. The number of aldehydes is 1. The number of hydrogen-bond donors (Lipinski definition) is 0. The molecule has 0 amide bonds. The highest BCUT2D eigenvalue weighted by Gasteiger charge is 2.00. The van der Waals surface area contributed by atoms with Gasteiger partial charge in [0, 0.05) is 5.56 Å². The van der Waals surface area contributed by atoms with Crippen molar-refractivity contribution in [1.29, 1.82) is 0 Å². The second-order valence-electron chi connectivity index (χ2n) is 2.17. The standard InChI is InChI=1S/C9H9NO2/c1-3-9-7(6-11)4-8(12-2)5-10-9/h3-6H,1H2,2H3. The first-order valence-corrected chi connectivity index (χ1v) is 3.43. The Hall–Kier alpha value is -1.64. The molecule has 0 spiro atoms. The van der Waals surface area contributed by atoms with Crippen LogP contribution < -0.4 is 4.74 Å². The van der Waals surface area contributed by atoms with Crippen LogP contribution in [0.1, 0.15) is 16.1 Å². The molecule has 0 atom stereocenters. The summed E-state index contributed by atoms with van der Waals surface area (Å²) >= 11 is 0. The summed E-state index contributed by atoms with van der Waals surface area (Å²) in [7, 11) is 1.53. The van der Waals surface area contributed by atoms with Crippen LogP contribution in [0.25, 0.3) is 6.08 Å². The summed E-state index contributed by atoms with van der Waals surface area (Å²) in [5, 5.41) is 0. The zero-order valence-electron chi connectivity index (χ0n) is 6.78. The van der Waals surface area contributed by atoms with Crippen LogP contribution in [0.5, 0.6) is 5.75 Å². The molecule has 1 aromatic heterocycles. The smallest absolute Gasteiger partial charge is 0.152 e. The van der Waals surface area contributed by atoms with Gasteiger partial charge in [-0.25, -0.2) is 0 Å². The second-order valence-corrected chi connectivity index (χ2v) is 2.17. The molecule has 0 saturated carbocycles. The number of nitrogens with zero attached hydrogens (tertiary/aromatic N) is 1. The minimum absolute atomic E-state index is 0.490. The highest BCUT2D eigenvalue weighted by molar-refractivity contribution is 5.80. The second kappa shape index (κ2) is 3.67. The lowest BCUT2D eigenvalue weighted by Gasteiger charge is -2.01. The molecule has 0 aliphatic heterocycles. The van der Waals surface area contributed by atoms with Gasteiger partial charge in [-0.2, -0.15) is 0 Å². The summed E-state index contributed by atoms with van der Waals surface area (Å²) in [6, 6.07) is 1.62. The van der Waals surface area contributed by atoms with E-state index in [1.807, 2.05) is 0 Å². The van der Waals surface area contributed by atoms with Gasteiger partial charge >= 0.3 is 0 Å². The molecule has 0 radical (unpaired) electrons. The van der Waals surface area contributed by atoms with Gasteiger partial charge in [-0.05, 0) is 12.1 Å². The maximum atomic E-state index is 10.5. The predicted octanol–water partition coefficient (Wildman–Crippen LogP) is 1.55. The van der Waals surface area contributed by atoms with E-state index in [1.165, 1.54) is 13.2 Å². The lowest BCUT2D eigenvalue weighted by atomic mass is 10.2. The fraction of sp³-hybridized carbons (Fsp3) is 0.111. The minimum Gasteiger partial charge on any atom is -0.495 e. The highest BCUT2D eigenvalue weighted by atomic mass is 16.5. The Kier molecular flexibility index (Phi) is 2.58. The number of carbonyl (C=O) groups excluding carboxylic acids is 1. The lowest BCUT2D eigenvalue weighted by molar-refractivity contribution is 0.112. The van der Waals surface area contributed by atoms with E-state index in [2.05, 4.69) is 11.6 Å². The maximum absolute atomic E-state index is 10.5. The SMILES string of the molecule is C=Cc1ncc(OC)cc1C=O. The normalized spacial score (nSPS) is 9.08. The average molecular weight is 163 g/mol. The molecule has 0 N–H and O–H groups in total. The van der Waals surface area contributed by atoms with Crippen molar-refractivity contribution in [3.63, 3.8) is 0 Å². The molecular formula is C9H9NO2. The van der Waals surface area contributed by atoms with Gasteiger partial charge in [-0.3, -0.25) is 9.78 Å². The van der Waals surface area contributed by atoms with Gasteiger partial charge in [0.05, 0.1) is 19.0 Å². The first kappa shape index (κ1) is 8.46. The number of rotatable bonds is 3. The number of methoxy groups -OCH3 is 1. The van der Waals surface area contributed by atoms with Crippen LogP contribution in [-0.4, -0.2) is 18.4 Å². The summed E-state index contributed by atoms with van der Waals surface area (Å²) in [6.45, 7) is 3.53. The highest BCUT2D eigenvalue weighted by Crippen LogP contribution is 2.13. The average Bonchev–Trinajstić information content (AvgIpc) is 2.16. The van der Waals surface area contributed by atoms with Gasteiger partial charge in [0.15, 0.2) is 6.29 Å². The van der Waals surface area contributed by atoms with Gasteiger partial charge in [-0.15, -0.1) is 0 Å². The Balaban J connectivity index is 3.18. The Morgan fingerprint density at radius 1 is 1.67 bits per heavy atom. The summed E-state index contributed by atoms with van der Waals surface area (Å²) in [6.07, 6.45) is 3.81. The van der Waals surface area contributed by atoms with Crippen molar-refractivity contribution in [1.82, 2.24) is 4.98 Å². The minimum atomic E-state index is 0.490. The first-order valence-electron chi connectivity index (χ1n) is 3.43. The third-order valence-electron chi connectivity index (χ3n) is 1.48. The van der Waals surface area contributed by atoms with E-state index >= 15 is 0 Å². The number of hydrogen-bond acceptors (Lipinski definition) is 3. The Morgan fingerprint density at radius 2 is 2.42 bits per heavy atom. The number of carbonyl (C=O) groups is 1. The van der Waals surface area contributed by atoms with E-state index in [0.717, 1.165) is 6.29 Å². The largest absolute Gasteiger partial charge is 0.495 e. The van der Waals surface area contributed by atoms with Crippen LogP contribution in [0.4, 0.5) is 0 Å². The fourth-order valence-corrected chi connectivity index (χ4v) is 0.849. The van der Waals surface area contributed by atoms with Crippen molar-refractivity contribution in [3.05, 3.63) is 30.1 Å². The van der Waals surface area contributed by atoms with Crippen molar-refractivity contribution in [2.75, 3.05) is 7.11 Å². The molecule has 0 bridgehead atoms. The van der Waals surface area contributed by atoms with E-state index in [-0.39, 0.29) is 0 Å². The Bertz CT molecular complexity index is 307. The molecule has 62 valence electrons. The van der Waals surface area contributed by atoms with Crippen molar-refractivity contribution in [3.8, 4) is 5.75 Å². The van der Waals surface area contributed by atoms with Gasteiger partial charge in [0.2, 0.25) is 0 Å². The quantitative estimate of drug-likeness (QED) is 0.634. The van der Waals surface area contributed by atoms with Crippen LogP contribution in [0.15, 0.2) is 18.8 Å². The van der Waals surface area contributed by atoms with Gasteiger partial charge in [0.1, 0.15) is 5.75 Å². The number of ether oxygens (including phenoxy) is 1. The third-order valence-corrected chi connectivity index (χ3v) is 1.48. The fourth-order valence-electron chi connectivity index (χ4n) is 0.849. The molecule has 0 aliphatic rings. The zero-order valence-corrected chi connectivity index (χ0v) is 6.78. The summed E-state index contributed by atoms with van der Waals surface area (Å²) in [5.41, 5.74) is 1.06. The molecule has 1 heterocycles. The molecule has 1 rings (SSSR count). The van der Waals surface area contributed by atoms with E-state index in [1.54, 1.807) is 12.3 Å². The van der Waals surface area contributed by atoms with Crippen LogP contribution in [-0.2, 0) is 0 Å². The first-order chi connectivity index (χ1) is 5.81. The summed E-state index contributed by atoms with van der Waals surface area (Å²) < 4.78 is 4.90. The molecule has 3 nitrogen and oxygen atoms in total. The van der Waals surface area contributed by atoms with Crippen molar-refractivity contribution >= 4 is 12.4 Å². The summed E-state index contributed by atoms with van der Waals surface area (Å²) in [4.78, 5) is 14.5. The Morgan fingerprint density at radius 3 is 2.92 bits per heavy atom. The van der Waals surface area contributed by atoms with Crippen LogP contribution >= 0.6 is 0 Å². The third kappa shape index (κ3) is 1.50. The molecule has 0 fully saturated rings. The topological polar surface area (TPSA) is 39.2 Å². The lowest BCUT2D eigenvalue weighted by Crippen LogP contribution is -1.92. The summed E-state index contributed by atoms with van der Waals surface area (Å²) in [5.74, 6) is 0.572. The van der Waals surface area contributed by atoms with Crippen molar-refractivity contribution in [2.24, 2.45) is 0 Å². The number of aromatic nitrogens is 1. The van der Waals surface area contributed by atoms with E-state index in [0.29, 0.717) is 17.0 Å². The van der Waals surface area contributed by atoms with Crippen LogP contribution in [0.3, 0.4) is 0 Å². The van der Waals surface area contributed by atoms with Crippen molar-refractivity contribution < 1.29 is 9.53 Å². The molecule has 0 saturated heterocycles. The molecule has 0 aliphatic carbocycles. The van der Waals surface area contributed by atoms with E-state index < -0.39 is 0 Å². The van der Waals surface area contributed by atoms with E-state index in [9.17, 15) is 4.79 Å². The molecule has 12 heavy (non-hydrogen) atoms. The number of pyridine rings is 1. The van der Waals surface area contributed by atoms with E-state index in [4.69, 9.17) is 4.74 Å². The molecular weight excluding hydrogens is 154 g/mol. The monoisotopic (exact) mass is 163 g/mol. The van der Waals surface area contributed by atoms with Gasteiger partial charge in [0.25, 0.3) is 0 Å². The van der Waals surface area contributed by atoms with Crippen LogP contribution in [0, 0.1) is 0 Å². The molecule has 1 aromatic rings.